The van der Waals surface area contributed by atoms with E-state index in [2.05, 4.69) is 0 Å². The van der Waals surface area contributed by atoms with Crippen LogP contribution in [0.1, 0.15) is 5.56 Å². The fourth-order valence-corrected chi connectivity index (χ4v) is 1.58. The van der Waals surface area contributed by atoms with E-state index in [0.717, 1.165) is 12.1 Å². The van der Waals surface area contributed by atoms with E-state index >= 15 is 0 Å². The van der Waals surface area contributed by atoms with Crippen LogP contribution in [0.4, 0.5) is 8.78 Å². The zero-order valence-electron chi connectivity index (χ0n) is 9.96. The topological polar surface area (TPSA) is 38.5 Å². The molecule has 0 radical (unpaired) electrons. The average Bonchev–Trinajstić information content (AvgIpc) is 2.31. The highest BCUT2D eigenvalue weighted by Gasteiger charge is 2.09. The summed E-state index contributed by atoms with van der Waals surface area (Å²) in [7, 11) is 1.60. The van der Waals surface area contributed by atoms with Crippen LogP contribution in [0, 0.1) is 11.6 Å². The van der Waals surface area contributed by atoms with Crippen molar-refractivity contribution in [1.82, 2.24) is 4.90 Å². The van der Waals surface area contributed by atoms with Gasteiger partial charge in [-0.05, 0) is 18.2 Å². The van der Waals surface area contributed by atoms with Crippen molar-refractivity contribution in [3.8, 4) is 0 Å². The van der Waals surface area contributed by atoms with E-state index < -0.39 is 11.6 Å². The molecule has 5 heteroatoms. The lowest BCUT2D eigenvalue weighted by atomic mass is 10.2. The van der Waals surface area contributed by atoms with Crippen LogP contribution >= 0.6 is 0 Å². The standard InChI is InChI=1S/C12H18F2N2O/c1-17-7-6-16(5-4-15)9-10-8-11(13)2-3-12(10)14/h2-3,8H,4-7,9,15H2,1H3. The van der Waals surface area contributed by atoms with Crippen molar-refractivity contribution in [2.45, 2.75) is 6.54 Å². The van der Waals surface area contributed by atoms with Crippen LogP contribution in [-0.4, -0.2) is 38.3 Å². The summed E-state index contributed by atoms with van der Waals surface area (Å²) in [6, 6.07) is 3.47. The smallest absolute Gasteiger partial charge is 0.127 e. The third-order valence-corrected chi connectivity index (χ3v) is 2.46. The molecule has 0 fully saturated rings. The fourth-order valence-electron chi connectivity index (χ4n) is 1.58. The summed E-state index contributed by atoms with van der Waals surface area (Å²) in [4.78, 5) is 1.93. The van der Waals surface area contributed by atoms with Crippen molar-refractivity contribution in [2.24, 2.45) is 5.73 Å². The van der Waals surface area contributed by atoms with Gasteiger partial charge < -0.3 is 10.5 Å². The molecule has 0 saturated heterocycles. The Bertz CT molecular complexity index is 347. The lowest BCUT2D eigenvalue weighted by Gasteiger charge is -2.21. The van der Waals surface area contributed by atoms with E-state index in [4.69, 9.17) is 10.5 Å². The largest absolute Gasteiger partial charge is 0.383 e. The van der Waals surface area contributed by atoms with Gasteiger partial charge in [-0.25, -0.2) is 8.78 Å². The number of methoxy groups -OCH3 is 1. The number of nitrogens with two attached hydrogens (primary N) is 1. The lowest BCUT2D eigenvalue weighted by Crippen LogP contribution is -2.32. The molecule has 0 spiro atoms. The summed E-state index contributed by atoms with van der Waals surface area (Å²) in [6.07, 6.45) is 0. The van der Waals surface area contributed by atoms with Gasteiger partial charge in [0.05, 0.1) is 6.61 Å². The van der Waals surface area contributed by atoms with E-state index in [9.17, 15) is 8.78 Å². The summed E-state index contributed by atoms with van der Waals surface area (Å²) in [5.41, 5.74) is 5.81. The van der Waals surface area contributed by atoms with Gasteiger partial charge in [-0.1, -0.05) is 0 Å². The maximum atomic E-state index is 13.4. The Morgan fingerprint density at radius 3 is 2.71 bits per heavy atom. The van der Waals surface area contributed by atoms with Gasteiger partial charge >= 0.3 is 0 Å². The molecule has 0 unspecified atom stereocenters. The maximum absolute atomic E-state index is 13.4. The third-order valence-electron chi connectivity index (χ3n) is 2.46. The Kier molecular flexibility index (Phi) is 6.04. The number of hydrogen-bond donors (Lipinski definition) is 1. The number of benzene rings is 1. The van der Waals surface area contributed by atoms with Gasteiger partial charge in [0.25, 0.3) is 0 Å². The SMILES string of the molecule is COCCN(CCN)Cc1cc(F)ccc1F. The van der Waals surface area contributed by atoms with E-state index in [0.29, 0.717) is 38.3 Å². The molecule has 0 heterocycles. The van der Waals surface area contributed by atoms with Crippen molar-refractivity contribution in [2.75, 3.05) is 33.4 Å². The summed E-state index contributed by atoms with van der Waals surface area (Å²) >= 11 is 0. The Labute approximate surface area is 100 Å². The molecule has 2 N–H and O–H groups in total. The molecular weight excluding hydrogens is 226 g/mol. The first kappa shape index (κ1) is 14.0. The quantitative estimate of drug-likeness (QED) is 0.787. The zero-order valence-corrected chi connectivity index (χ0v) is 9.96. The number of ether oxygens (including phenoxy) is 1. The first-order valence-corrected chi connectivity index (χ1v) is 5.52. The molecule has 0 aliphatic heterocycles. The Morgan fingerprint density at radius 1 is 1.29 bits per heavy atom. The van der Waals surface area contributed by atoms with Gasteiger partial charge in [-0.3, -0.25) is 4.90 Å². The van der Waals surface area contributed by atoms with Crippen molar-refractivity contribution < 1.29 is 13.5 Å². The van der Waals surface area contributed by atoms with Crippen LogP contribution in [0.3, 0.4) is 0 Å². The molecule has 0 aliphatic rings. The zero-order chi connectivity index (χ0) is 12.7. The van der Waals surface area contributed by atoms with E-state index in [1.165, 1.54) is 6.07 Å². The molecule has 3 nitrogen and oxygen atoms in total. The van der Waals surface area contributed by atoms with Crippen LogP contribution in [0.5, 0.6) is 0 Å². The summed E-state index contributed by atoms with van der Waals surface area (Å²) < 4.78 is 31.4. The monoisotopic (exact) mass is 244 g/mol. The Morgan fingerprint density at radius 2 is 2.06 bits per heavy atom. The molecule has 0 atom stereocenters. The minimum atomic E-state index is -0.430. The van der Waals surface area contributed by atoms with Crippen LogP contribution < -0.4 is 5.73 Å². The molecule has 0 saturated carbocycles. The first-order valence-electron chi connectivity index (χ1n) is 5.52. The van der Waals surface area contributed by atoms with E-state index in [-0.39, 0.29) is 0 Å². The predicted molar refractivity (Wildman–Crippen MR) is 62.6 cm³/mol. The van der Waals surface area contributed by atoms with Crippen molar-refractivity contribution in [1.29, 1.82) is 0 Å². The van der Waals surface area contributed by atoms with Crippen molar-refractivity contribution in [3.63, 3.8) is 0 Å². The van der Waals surface area contributed by atoms with Gasteiger partial charge in [0.15, 0.2) is 0 Å². The molecule has 0 aromatic heterocycles. The van der Waals surface area contributed by atoms with Gasteiger partial charge in [0, 0.05) is 38.9 Å². The summed E-state index contributed by atoms with van der Waals surface area (Å²) in [5.74, 6) is -0.827. The maximum Gasteiger partial charge on any atom is 0.127 e. The molecular formula is C12H18F2N2O. The Hall–Kier alpha value is -1.04. The molecule has 1 aromatic rings. The van der Waals surface area contributed by atoms with Gasteiger partial charge in [-0.2, -0.15) is 0 Å². The van der Waals surface area contributed by atoms with Gasteiger partial charge in [0.2, 0.25) is 0 Å². The third kappa shape index (κ3) is 4.77. The number of nitrogens with zero attached hydrogens (tertiary/aromatic N) is 1. The minimum Gasteiger partial charge on any atom is -0.383 e. The molecule has 0 amide bonds. The second kappa shape index (κ2) is 7.32. The van der Waals surface area contributed by atoms with Crippen LogP contribution in [0.15, 0.2) is 18.2 Å². The van der Waals surface area contributed by atoms with Gasteiger partial charge in [0.1, 0.15) is 11.6 Å². The van der Waals surface area contributed by atoms with Crippen LogP contribution in [-0.2, 0) is 11.3 Å². The van der Waals surface area contributed by atoms with E-state index in [1.54, 1.807) is 7.11 Å². The fraction of sp³-hybridized carbons (Fsp3) is 0.500. The number of hydrogen-bond acceptors (Lipinski definition) is 3. The molecule has 0 bridgehead atoms. The highest BCUT2D eigenvalue weighted by atomic mass is 19.1. The lowest BCUT2D eigenvalue weighted by molar-refractivity contribution is 0.145. The first-order chi connectivity index (χ1) is 8.17. The molecule has 1 aromatic carbocycles. The normalized spacial score (nSPS) is 11.1. The number of halogens is 2. The second-order valence-electron chi connectivity index (χ2n) is 3.79. The Balaban J connectivity index is 2.67. The highest BCUT2D eigenvalue weighted by Crippen LogP contribution is 2.12. The molecule has 96 valence electrons. The van der Waals surface area contributed by atoms with Crippen LogP contribution in [0.2, 0.25) is 0 Å². The van der Waals surface area contributed by atoms with Crippen LogP contribution in [0.25, 0.3) is 0 Å². The number of rotatable bonds is 7. The molecule has 0 aliphatic carbocycles. The highest BCUT2D eigenvalue weighted by molar-refractivity contribution is 5.18. The minimum absolute atomic E-state index is 0.337. The predicted octanol–water partition coefficient (Wildman–Crippen LogP) is 1.37. The summed E-state index contributed by atoms with van der Waals surface area (Å²) in [6.45, 7) is 2.62. The van der Waals surface area contributed by atoms with Crippen molar-refractivity contribution in [3.05, 3.63) is 35.4 Å². The second-order valence-corrected chi connectivity index (χ2v) is 3.79. The summed E-state index contributed by atoms with van der Waals surface area (Å²) in [5, 5.41) is 0. The molecule has 17 heavy (non-hydrogen) atoms. The van der Waals surface area contributed by atoms with Gasteiger partial charge in [-0.15, -0.1) is 0 Å². The van der Waals surface area contributed by atoms with E-state index in [1.807, 2.05) is 4.90 Å². The van der Waals surface area contributed by atoms with Crippen molar-refractivity contribution >= 4 is 0 Å². The average molecular weight is 244 g/mol. The molecule has 1 rings (SSSR count).